The van der Waals surface area contributed by atoms with E-state index in [9.17, 15) is 8.78 Å². The number of hydrogen-bond acceptors (Lipinski definition) is 4. The standard InChI is InChI=1S/C18H14ClF2N3O/c1-10-12(6-11-4-5-24-18(22)17(11)21)8-23-9-16(10)25-15-3-2-13(19)7-14(15)20/h2-5,7-9H,6H2,1H3,(H2,22,24). The van der Waals surface area contributed by atoms with Gasteiger partial charge in [-0.2, -0.15) is 0 Å². The van der Waals surface area contributed by atoms with E-state index in [0.29, 0.717) is 11.3 Å². The summed E-state index contributed by atoms with van der Waals surface area (Å²) in [5.74, 6) is -0.882. The van der Waals surface area contributed by atoms with Crippen molar-refractivity contribution < 1.29 is 13.5 Å². The lowest BCUT2D eigenvalue weighted by atomic mass is 10.0. The number of benzene rings is 1. The highest BCUT2D eigenvalue weighted by molar-refractivity contribution is 6.30. The van der Waals surface area contributed by atoms with Crippen molar-refractivity contribution in [2.75, 3.05) is 5.73 Å². The lowest BCUT2D eigenvalue weighted by molar-refractivity contribution is 0.437. The summed E-state index contributed by atoms with van der Waals surface area (Å²) in [6.45, 7) is 1.79. The Labute approximate surface area is 148 Å². The maximum atomic E-state index is 14.1. The van der Waals surface area contributed by atoms with Crippen LogP contribution in [0.1, 0.15) is 16.7 Å². The molecule has 0 spiro atoms. The van der Waals surface area contributed by atoms with Crippen LogP contribution in [0.15, 0.2) is 42.9 Å². The van der Waals surface area contributed by atoms with Gasteiger partial charge in [-0.25, -0.2) is 13.8 Å². The van der Waals surface area contributed by atoms with Crippen LogP contribution in [0.5, 0.6) is 11.5 Å². The van der Waals surface area contributed by atoms with Crippen molar-refractivity contribution in [2.24, 2.45) is 0 Å². The molecule has 0 aliphatic rings. The molecule has 3 rings (SSSR count). The summed E-state index contributed by atoms with van der Waals surface area (Å²) in [6, 6.07) is 5.69. The maximum Gasteiger partial charge on any atom is 0.168 e. The van der Waals surface area contributed by atoms with Crippen LogP contribution in [0.4, 0.5) is 14.6 Å². The van der Waals surface area contributed by atoms with Crippen LogP contribution < -0.4 is 10.5 Å². The molecule has 4 nitrogen and oxygen atoms in total. The lowest BCUT2D eigenvalue weighted by Gasteiger charge is -2.13. The van der Waals surface area contributed by atoms with Gasteiger partial charge in [-0.1, -0.05) is 11.6 Å². The molecular formula is C18H14ClF2N3O. The van der Waals surface area contributed by atoms with Gasteiger partial charge in [-0.3, -0.25) is 4.98 Å². The summed E-state index contributed by atoms with van der Waals surface area (Å²) in [4.78, 5) is 7.80. The molecule has 25 heavy (non-hydrogen) atoms. The monoisotopic (exact) mass is 361 g/mol. The van der Waals surface area contributed by atoms with Crippen LogP contribution in [0, 0.1) is 18.6 Å². The number of rotatable bonds is 4. The number of pyridine rings is 2. The van der Waals surface area contributed by atoms with Crippen molar-refractivity contribution in [3.8, 4) is 11.5 Å². The molecule has 3 aromatic rings. The van der Waals surface area contributed by atoms with Crippen molar-refractivity contribution >= 4 is 17.4 Å². The molecule has 0 aliphatic heterocycles. The highest BCUT2D eigenvalue weighted by Gasteiger charge is 2.13. The van der Waals surface area contributed by atoms with E-state index in [2.05, 4.69) is 9.97 Å². The van der Waals surface area contributed by atoms with Gasteiger partial charge in [0.25, 0.3) is 0 Å². The van der Waals surface area contributed by atoms with E-state index in [0.717, 1.165) is 11.1 Å². The summed E-state index contributed by atoms with van der Waals surface area (Å²) in [5, 5.41) is 0.277. The Balaban J connectivity index is 1.91. The van der Waals surface area contributed by atoms with E-state index in [-0.39, 0.29) is 23.0 Å². The molecule has 0 aliphatic carbocycles. The summed E-state index contributed by atoms with van der Waals surface area (Å²) in [7, 11) is 0. The van der Waals surface area contributed by atoms with Crippen LogP contribution in [-0.4, -0.2) is 9.97 Å². The van der Waals surface area contributed by atoms with Gasteiger partial charge in [0.2, 0.25) is 0 Å². The highest BCUT2D eigenvalue weighted by Crippen LogP contribution is 2.30. The Bertz CT molecular complexity index is 934. The highest BCUT2D eigenvalue weighted by atomic mass is 35.5. The van der Waals surface area contributed by atoms with E-state index in [1.165, 1.54) is 30.6 Å². The normalized spacial score (nSPS) is 10.7. The molecule has 0 bridgehead atoms. The molecular weight excluding hydrogens is 348 g/mol. The van der Waals surface area contributed by atoms with Crippen LogP contribution in [0.25, 0.3) is 0 Å². The zero-order valence-corrected chi connectivity index (χ0v) is 14.0. The summed E-state index contributed by atoms with van der Waals surface area (Å²) < 4.78 is 33.6. The van der Waals surface area contributed by atoms with E-state index >= 15 is 0 Å². The van der Waals surface area contributed by atoms with Gasteiger partial charge in [-0.15, -0.1) is 0 Å². The zero-order valence-electron chi connectivity index (χ0n) is 13.3. The predicted molar refractivity (Wildman–Crippen MR) is 91.9 cm³/mol. The number of halogens is 3. The molecule has 0 saturated heterocycles. The topological polar surface area (TPSA) is 61.0 Å². The fraction of sp³-hybridized carbons (Fsp3) is 0.111. The van der Waals surface area contributed by atoms with Gasteiger partial charge >= 0.3 is 0 Å². The molecule has 2 heterocycles. The summed E-state index contributed by atoms with van der Waals surface area (Å²) in [5.41, 5.74) is 7.34. The molecule has 7 heteroatoms. The van der Waals surface area contributed by atoms with Crippen molar-refractivity contribution in [3.63, 3.8) is 0 Å². The average Bonchev–Trinajstić information content (AvgIpc) is 2.57. The van der Waals surface area contributed by atoms with Crippen molar-refractivity contribution in [2.45, 2.75) is 13.3 Å². The van der Waals surface area contributed by atoms with Gasteiger partial charge in [0.1, 0.15) is 5.75 Å². The van der Waals surface area contributed by atoms with Gasteiger partial charge in [0.05, 0.1) is 6.20 Å². The molecule has 0 saturated carbocycles. The zero-order chi connectivity index (χ0) is 18.0. The number of ether oxygens (including phenoxy) is 1. The van der Waals surface area contributed by atoms with Gasteiger partial charge < -0.3 is 10.5 Å². The fourth-order valence-corrected chi connectivity index (χ4v) is 2.51. The molecule has 1 aromatic carbocycles. The Hall–Kier alpha value is -2.73. The third-order valence-corrected chi connectivity index (χ3v) is 4.00. The second-order valence-electron chi connectivity index (χ2n) is 5.44. The molecule has 2 N–H and O–H groups in total. The third kappa shape index (κ3) is 3.69. The molecule has 0 radical (unpaired) electrons. The molecule has 2 aromatic heterocycles. The van der Waals surface area contributed by atoms with Gasteiger partial charge in [0.15, 0.2) is 23.2 Å². The first-order valence-electron chi connectivity index (χ1n) is 7.41. The van der Waals surface area contributed by atoms with Crippen LogP contribution >= 0.6 is 11.6 Å². The van der Waals surface area contributed by atoms with Crippen molar-refractivity contribution in [1.82, 2.24) is 9.97 Å². The molecule has 128 valence electrons. The lowest BCUT2D eigenvalue weighted by Crippen LogP contribution is -2.02. The molecule has 0 atom stereocenters. The molecule has 0 unspecified atom stereocenters. The summed E-state index contributed by atoms with van der Waals surface area (Å²) in [6.07, 6.45) is 4.79. The first-order chi connectivity index (χ1) is 12.0. The van der Waals surface area contributed by atoms with Crippen LogP contribution in [-0.2, 0) is 6.42 Å². The minimum absolute atomic E-state index is 0.0331. The quantitative estimate of drug-likeness (QED) is 0.732. The number of nitrogen functional groups attached to an aromatic ring is 1. The van der Waals surface area contributed by atoms with Crippen LogP contribution in [0.3, 0.4) is 0 Å². The van der Waals surface area contributed by atoms with E-state index < -0.39 is 11.6 Å². The third-order valence-electron chi connectivity index (χ3n) is 3.76. The second kappa shape index (κ2) is 7.03. The van der Waals surface area contributed by atoms with E-state index in [1.54, 1.807) is 19.2 Å². The first kappa shape index (κ1) is 17.1. The van der Waals surface area contributed by atoms with Crippen molar-refractivity contribution in [3.05, 3.63) is 76.2 Å². The molecule has 0 amide bonds. The number of nitrogens with two attached hydrogens (primary N) is 1. The smallest absolute Gasteiger partial charge is 0.168 e. The minimum atomic E-state index is -0.578. The van der Waals surface area contributed by atoms with Crippen molar-refractivity contribution in [1.29, 1.82) is 0 Å². The number of nitrogens with zero attached hydrogens (tertiary/aromatic N) is 2. The number of aromatic nitrogens is 2. The number of anilines is 1. The van der Waals surface area contributed by atoms with E-state index in [1.807, 2.05) is 0 Å². The largest absolute Gasteiger partial charge is 0.452 e. The van der Waals surface area contributed by atoms with Gasteiger partial charge in [0, 0.05) is 23.8 Å². The minimum Gasteiger partial charge on any atom is -0.452 e. The first-order valence-corrected chi connectivity index (χ1v) is 7.78. The SMILES string of the molecule is Cc1c(Cc2ccnc(N)c2F)cncc1Oc1ccc(Cl)cc1F. The average molecular weight is 362 g/mol. The molecule has 0 fully saturated rings. The number of hydrogen-bond donors (Lipinski definition) is 1. The Morgan fingerprint density at radius 2 is 1.92 bits per heavy atom. The predicted octanol–water partition coefficient (Wildman–Crippen LogP) is 4.68. The Morgan fingerprint density at radius 3 is 2.68 bits per heavy atom. The Kier molecular flexibility index (Phi) is 4.81. The van der Waals surface area contributed by atoms with Crippen LogP contribution in [0.2, 0.25) is 5.02 Å². The fourth-order valence-electron chi connectivity index (χ4n) is 2.35. The summed E-state index contributed by atoms with van der Waals surface area (Å²) >= 11 is 5.74. The Morgan fingerprint density at radius 1 is 1.12 bits per heavy atom. The van der Waals surface area contributed by atoms with E-state index in [4.69, 9.17) is 22.1 Å². The second-order valence-corrected chi connectivity index (χ2v) is 5.88. The van der Waals surface area contributed by atoms with Gasteiger partial charge in [-0.05, 0) is 47.9 Å². The maximum absolute atomic E-state index is 14.1.